The topological polar surface area (TPSA) is 89.8 Å². The molecule has 0 bridgehead atoms. The van der Waals surface area contributed by atoms with Crippen LogP contribution in [0.25, 0.3) is 0 Å². The highest BCUT2D eigenvalue weighted by atomic mass is 35.5. The average Bonchev–Trinajstić information content (AvgIpc) is 2.49. The molecule has 1 aromatic heterocycles. The van der Waals surface area contributed by atoms with Gasteiger partial charge in [-0.3, -0.25) is 0 Å². The Morgan fingerprint density at radius 3 is 2.73 bits per heavy atom. The number of anilines is 1. The molecule has 0 aliphatic rings. The Hall–Kier alpha value is -0.890. The van der Waals surface area contributed by atoms with Crippen molar-refractivity contribution in [1.29, 1.82) is 0 Å². The van der Waals surface area contributed by atoms with E-state index >= 15 is 0 Å². The molecule has 9 heteroatoms. The van der Waals surface area contributed by atoms with E-state index in [1.54, 1.807) is 14.0 Å². The van der Waals surface area contributed by atoms with E-state index in [0.717, 1.165) is 0 Å². The average molecular weight is 254 g/mol. The summed E-state index contributed by atoms with van der Waals surface area (Å²) in [5.41, 5.74) is 0. The lowest BCUT2D eigenvalue weighted by atomic mass is 10.3. The van der Waals surface area contributed by atoms with Gasteiger partial charge in [-0.2, -0.15) is 4.80 Å². The second-order valence-electron chi connectivity index (χ2n) is 3.25. The van der Waals surface area contributed by atoms with Crippen LogP contribution in [0.1, 0.15) is 6.92 Å². The number of aryl methyl sites for hydroxylation is 1. The van der Waals surface area contributed by atoms with Crippen LogP contribution in [0.2, 0.25) is 0 Å². The molecule has 0 spiro atoms. The van der Waals surface area contributed by atoms with Gasteiger partial charge in [0.25, 0.3) is 5.95 Å². The number of hydrogen-bond acceptors (Lipinski definition) is 5. The van der Waals surface area contributed by atoms with E-state index in [9.17, 15) is 8.42 Å². The minimum Gasteiger partial charge on any atom is -0.249 e. The molecule has 1 unspecified atom stereocenters. The Kier molecular flexibility index (Phi) is 3.86. The summed E-state index contributed by atoms with van der Waals surface area (Å²) in [7, 11) is -1.90. The maximum absolute atomic E-state index is 11.5. The summed E-state index contributed by atoms with van der Waals surface area (Å²) in [5.74, 6) is 0.0731. The van der Waals surface area contributed by atoms with Gasteiger partial charge >= 0.3 is 0 Å². The fraction of sp³-hybridized carbons (Fsp3) is 0.833. The summed E-state index contributed by atoms with van der Waals surface area (Å²) in [6.07, 6.45) is 0. The molecule has 1 heterocycles. The van der Waals surface area contributed by atoms with E-state index in [4.69, 9.17) is 11.6 Å². The molecule has 1 rings (SSSR count). The molecule has 86 valence electrons. The van der Waals surface area contributed by atoms with Crippen molar-refractivity contribution in [3.05, 3.63) is 0 Å². The highest BCUT2D eigenvalue weighted by Gasteiger charge is 2.17. The van der Waals surface area contributed by atoms with E-state index in [-0.39, 0.29) is 23.5 Å². The van der Waals surface area contributed by atoms with Gasteiger partial charge in [0.15, 0.2) is 0 Å². The molecule has 0 aliphatic heterocycles. The third-order valence-electron chi connectivity index (χ3n) is 1.52. The first-order valence-corrected chi connectivity index (χ1v) is 6.42. The normalized spacial score (nSPS) is 13.8. The van der Waals surface area contributed by atoms with Crippen LogP contribution >= 0.6 is 11.6 Å². The minimum absolute atomic E-state index is 0.0285. The van der Waals surface area contributed by atoms with Crippen LogP contribution in [-0.4, -0.2) is 40.3 Å². The smallest absolute Gasteiger partial charge is 0.249 e. The molecule has 0 amide bonds. The van der Waals surface area contributed by atoms with Crippen molar-refractivity contribution in [2.24, 2.45) is 13.0 Å². The van der Waals surface area contributed by atoms with Crippen LogP contribution in [0, 0.1) is 5.92 Å². The Labute approximate surface area is 92.9 Å². The zero-order valence-electron chi connectivity index (χ0n) is 8.38. The lowest BCUT2D eigenvalue weighted by Gasteiger charge is -2.07. The summed E-state index contributed by atoms with van der Waals surface area (Å²) in [5, 5.41) is 10.7. The van der Waals surface area contributed by atoms with Gasteiger partial charge in [-0.25, -0.2) is 13.1 Å². The SMILES string of the molecule is CC(CCl)CS(=O)(=O)Nc1nnn(C)n1. The minimum atomic E-state index is -3.45. The molecule has 0 fully saturated rings. The molecule has 1 atom stereocenters. The van der Waals surface area contributed by atoms with Gasteiger partial charge in [0.1, 0.15) is 0 Å². The number of nitrogens with one attached hydrogen (secondary N) is 1. The fourth-order valence-electron chi connectivity index (χ4n) is 0.925. The summed E-state index contributed by atoms with van der Waals surface area (Å²) in [4.78, 5) is 1.17. The van der Waals surface area contributed by atoms with Crippen LogP contribution in [0.5, 0.6) is 0 Å². The predicted molar refractivity (Wildman–Crippen MR) is 56.1 cm³/mol. The van der Waals surface area contributed by atoms with Gasteiger partial charge in [0, 0.05) is 5.88 Å². The molecule has 1 aromatic rings. The molecule has 7 nitrogen and oxygen atoms in total. The number of nitrogens with zero attached hydrogens (tertiary/aromatic N) is 4. The Morgan fingerprint density at radius 2 is 2.27 bits per heavy atom. The highest BCUT2D eigenvalue weighted by Crippen LogP contribution is 2.05. The number of halogens is 1. The van der Waals surface area contributed by atoms with Gasteiger partial charge in [-0.05, 0) is 11.1 Å². The first kappa shape index (κ1) is 12.2. The number of rotatable bonds is 5. The standard InChI is InChI=1S/C6H12ClN5O2S/c1-5(3-7)4-15(13,14)10-6-8-11-12(2)9-6/h5H,3-4H2,1-2H3,(H,9,10). The largest absolute Gasteiger partial charge is 0.276 e. The van der Waals surface area contributed by atoms with Crippen LogP contribution in [0.3, 0.4) is 0 Å². The fourth-order valence-corrected chi connectivity index (χ4v) is 2.47. The quantitative estimate of drug-likeness (QED) is 0.736. The number of aromatic nitrogens is 4. The van der Waals surface area contributed by atoms with E-state index in [0.29, 0.717) is 0 Å². The molecule has 0 saturated heterocycles. The van der Waals surface area contributed by atoms with E-state index in [1.807, 2.05) is 0 Å². The number of sulfonamides is 1. The Balaban J connectivity index is 2.64. The van der Waals surface area contributed by atoms with Crippen molar-refractivity contribution in [1.82, 2.24) is 20.2 Å². The summed E-state index contributed by atoms with van der Waals surface area (Å²) >= 11 is 5.53. The second-order valence-corrected chi connectivity index (χ2v) is 5.32. The van der Waals surface area contributed by atoms with Crippen LogP contribution in [0.4, 0.5) is 5.95 Å². The van der Waals surface area contributed by atoms with Crippen molar-refractivity contribution in [3.8, 4) is 0 Å². The first-order chi connectivity index (χ1) is 6.93. The zero-order valence-corrected chi connectivity index (χ0v) is 9.96. The van der Waals surface area contributed by atoms with Gasteiger partial charge in [-0.1, -0.05) is 12.0 Å². The van der Waals surface area contributed by atoms with E-state index in [1.165, 1.54) is 4.80 Å². The van der Waals surface area contributed by atoms with Crippen molar-refractivity contribution < 1.29 is 8.42 Å². The molecule has 15 heavy (non-hydrogen) atoms. The van der Waals surface area contributed by atoms with E-state index in [2.05, 4.69) is 20.1 Å². The number of hydrogen-bond donors (Lipinski definition) is 1. The number of alkyl halides is 1. The number of tetrazole rings is 1. The van der Waals surface area contributed by atoms with Gasteiger partial charge in [-0.15, -0.1) is 16.7 Å². The zero-order chi connectivity index (χ0) is 11.5. The molecule has 0 radical (unpaired) electrons. The Morgan fingerprint density at radius 1 is 1.60 bits per heavy atom. The second kappa shape index (κ2) is 4.75. The van der Waals surface area contributed by atoms with Gasteiger partial charge in [0.05, 0.1) is 12.8 Å². The predicted octanol–water partition coefficient (Wildman–Crippen LogP) is -0.173. The molecular formula is C6H12ClN5O2S. The van der Waals surface area contributed by atoms with Crippen LogP contribution < -0.4 is 4.72 Å². The maximum atomic E-state index is 11.5. The molecule has 1 N–H and O–H groups in total. The Bertz CT molecular complexity index is 417. The van der Waals surface area contributed by atoms with Crippen molar-refractivity contribution >= 4 is 27.6 Å². The van der Waals surface area contributed by atoms with Gasteiger partial charge < -0.3 is 0 Å². The molecule has 0 aliphatic carbocycles. The van der Waals surface area contributed by atoms with Crippen LogP contribution in [0.15, 0.2) is 0 Å². The third kappa shape index (κ3) is 4.00. The maximum Gasteiger partial charge on any atom is 0.276 e. The third-order valence-corrected chi connectivity index (χ3v) is 3.55. The van der Waals surface area contributed by atoms with Crippen molar-refractivity contribution in [2.75, 3.05) is 16.4 Å². The summed E-state index contributed by atoms with van der Waals surface area (Å²) in [6, 6.07) is 0. The molecule has 0 saturated carbocycles. The monoisotopic (exact) mass is 253 g/mol. The molecular weight excluding hydrogens is 242 g/mol. The van der Waals surface area contributed by atoms with Crippen molar-refractivity contribution in [2.45, 2.75) is 6.92 Å². The highest BCUT2D eigenvalue weighted by molar-refractivity contribution is 7.92. The summed E-state index contributed by atoms with van der Waals surface area (Å²) < 4.78 is 25.2. The van der Waals surface area contributed by atoms with E-state index < -0.39 is 10.0 Å². The van der Waals surface area contributed by atoms with Crippen molar-refractivity contribution in [3.63, 3.8) is 0 Å². The lowest BCUT2D eigenvalue weighted by Crippen LogP contribution is -2.22. The summed E-state index contributed by atoms with van der Waals surface area (Å²) in [6.45, 7) is 1.75. The first-order valence-electron chi connectivity index (χ1n) is 4.23. The van der Waals surface area contributed by atoms with Crippen LogP contribution in [-0.2, 0) is 17.1 Å². The van der Waals surface area contributed by atoms with Gasteiger partial charge in [0.2, 0.25) is 10.0 Å². The molecule has 0 aromatic carbocycles. The lowest BCUT2D eigenvalue weighted by molar-refractivity contribution is 0.588.